The van der Waals surface area contributed by atoms with Crippen LogP contribution in [0.5, 0.6) is 0 Å². The van der Waals surface area contributed by atoms with Gasteiger partial charge in [-0.25, -0.2) is 0 Å². The van der Waals surface area contributed by atoms with Crippen LogP contribution >= 0.6 is 12.2 Å². The van der Waals surface area contributed by atoms with Gasteiger partial charge in [0, 0.05) is 19.5 Å². The molecular weight excluding hydrogens is 338 g/mol. The first-order valence-electron chi connectivity index (χ1n) is 8.22. The highest BCUT2D eigenvalue weighted by atomic mass is 32.1. The number of nitrogens with one attached hydrogen (secondary N) is 1. The quantitative estimate of drug-likeness (QED) is 0.538. The first kappa shape index (κ1) is 20.6. The van der Waals surface area contributed by atoms with E-state index in [-0.39, 0.29) is 23.9 Å². The molecule has 0 saturated carbocycles. The molecule has 6 nitrogen and oxygen atoms in total. The lowest BCUT2D eigenvalue weighted by molar-refractivity contribution is -0.144. The molecule has 1 N–H and O–H groups in total. The molecule has 1 amide bonds. The van der Waals surface area contributed by atoms with Crippen LogP contribution in [0.1, 0.15) is 38.2 Å². The van der Waals surface area contributed by atoms with Gasteiger partial charge < -0.3 is 15.0 Å². The zero-order chi connectivity index (χ0) is 18.5. The molecule has 0 heterocycles. The summed E-state index contributed by atoms with van der Waals surface area (Å²) in [5, 5.41) is 11.7. The van der Waals surface area contributed by atoms with Crippen molar-refractivity contribution in [2.24, 2.45) is 0 Å². The Morgan fingerprint density at radius 2 is 2.00 bits per heavy atom. The molecule has 0 aromatic heterocycles. The number of thiocarbonyl (C=S) groups is 1. The molecule has 0 fully saturated rings. The molecule has 0 radical (unpaired) electrons. The second-order valence-electron chi connectivity index (χ2n) is 5.39. The summed E-state index contributed by atoms with van der Waals surface area (Å²) in [5.41, 5.74) is 1.03. The largest absolute Gasteiger partial charge is 0.466 e. The van der Waals surface area contributed by atoms with Crippen LogP contribution in [0, 0.1) is 11.3 Å². The van der Waals surface area contributed by atoms with E-state index in [4.69, 9.17) is 22.2 Å². The Balaban J connectivity index is 2.52. The highest BCUT2D eigenvalue weighted by Crippen LogP contribution is 2.06. The number of nitrogens with zero attached hydrogens (tertiary/aromatic N) is 2. The van der Waals surface area contributed by atoms with Gasteiger partial charge in [0.15, 0.2) is 5.11 Å². The maximum Gasteiger partial charge on any atom is 0.306 e. The van der Waals surface area contributed by atoms with E-state index in [1.165, 1.54) is 0 Å². The lowest BCUT2D eigenvalue weighted by Gasteiger charge is -2.24. The molecule has 25 heavy (non-hydrogen) atoms. The average Bonchev–Trinajstić information content (AvgIpc) is 2.62. The Morgan fingerprint density at radius 1 is 1.28 bits per heavy atom. The van der Waals surface area contributed by atoms with E-state index in [2.05, 4.69) is 11.4 Å². The van der Waals surface area contributed by atoms with Gasteiger partial charge in [-0.15, -0.1) is 0 Å². The molecule has 0 aliphatic rings. The third-order valence-corrected chi connectivity index (χ3v) is 3.63. The predicted molar refractivity (Wildman–Crippen MR) is 98.3 cm³/mol. The van der Waals surface area contributed by atoms with Gasteiger partial charge in [0.2, 0.25) is 5.91 Å². The van der Waals surface area contributed by atoms with Crippen LogP contribution in [-0.4, -0.2) is 35.0 Å². The number of carbonyl (C=O) groups excluding carboxylic acids is 2. The van der Waals surface area contributed by atoms with Gasteiger partial charge in [-0.3, -0.25) is 9.59 Å². The first-order chi connectivity index (χ1) is 12.1. The number of nitriles is 1. The number of carbonyl (C=O) groups is 2. The van der Waals surface area contributed by atoms with E-state index in [1.807, 2.05) is 37.3 Å². The fourth-order valence-corrected chi connectivity index (χ4v) is 2.28. The predicted octanol–water partition coefficient (Wildman–Crippen LogP) is 2.54. The molecule has 0 atom stereocenters. The van der Waals surface area contributed by atoms with Crippen molar-refractivity contribution in [1.29, 1.82) is 5.26 Å². The number of ether oxygens (including phenoxy) is 1. The number of esters is 1. The smallest absolute Gasteiger partial charge is 0.306 e. The minimum absolute atomic E-state index is 0.0140. The fourth-order valence-electron chi connectivity index (χ4n) is 2.01. The minimum atomic E-state index is -0.395. The van der Waals surface area contributed by atoms with Crippen molar-refractivity contribution >= 4 is 29.2 Å². The second-order valence-corrected chi connectivity index (χ2v) is 5.78. The van der Waals surface area contributed by atoms with Crippen LogP contribution in [0.3, 0.4) is 0 Å². The number of rotatable bonds is 9. The van der Waals surface area contributed by atoms with Crippen LogP contribution in [0.4, 0.5) is 0 Å². The summed E-state index contributed by atoms with van der Waals surface area (Å²) in [6.07, 6.45) is 1.08. The van der Waals surface area contributed by atoms with E-state index in [1.54, 1.807) is 4.90 Å². The standard InChI is InChI=1S/C18H23N3O3S/c1-2-13-24-17(23)10-9-16(22)20-18(25)21(12-6-11-19)14-15-7-4-3-5-8-15/h3-5,7-8H,2,6,9-10,12-14H2,1H3,(H,20,22,25). The highest BCUT2D eigenvalue weighted by Gasteiger charge is 2.14. The highest BCUT2D eigenvalue weighted by molar-refractivity contribution is 7.80. The molecule has 0 unspecified atom stereocenters. The Kier molecular flexibility index (Phi) is 9.87. The van der Waals surface area contributed by atoms with Crippen LogP contribution in [0.15, 0.2) is 30.3 Å². The monoisotopic (exact) mass is 361 g/mol. The molecule has 0 saturated heterocycles. The molecular formula is C18H23N3O3S. The number of amides is 1. The lowest BCUT2D eigenvalue weighted by Crippen LogP contribution is -2.42. The zero-order valence-corrected chi connectivity index (χ0v) is 15.2. The number of hydrogen-bond donors (Lipinski definition) is 1. The first-order valence-corrected chi connectivity index (χ1v) is 8.63. The second kappa shape index (κ2) is 12.0. The average molecular weight is 361 g/mol. The van der Waals surface area contributed by atoms with Gasteiger partial charge >= 0.3 is 5.97 Å². The van der Waals surface area contributed by atoms with Gasteiger partial charge in [-0.05, 0) is 24.2 Å². The summed E-state index contributed by atoms with van der Waals surface area (Å²) in [6, 6.07) is 11.7. The normalized spacial score (nSPS) is 9.76. The summed E-state index contributed by atoms with van der Waals surface area (Å²) in [6.45, 7) is 3.18. The third-order valence-electron chi connectivity index (χ3n) is 3.27. The maximum atomic E-state index is 12.0. The molecule has 0 aliphatic heterocycles. The van der Waals surface area contributed by atoms with Gasteiger partial charge in [-0.1, -0.05) is 37.3 Å². The van der Waals surface area contributed by atoms with Crippen molar-refractivity contribution in [2.75, 3.05) is 13.2 Å². The summed E-state index contributed by atoms with van der Waals surface area (Å²) in [5.74, 6) is -0.734. The zero-order valence-electron chi connectivity index (χ0n) is 14.4. The summed E-state index contributed by atoms with van der Waals surface area (Å²) in [7, 11) is 0. The van der Waals surface area contributed by atoms with E-state index >= 15 is 0 Å². The van der Waals surface area contributed by atoms with Crippen molar-refractivity contribution < 1.29 is 14.3 Å². The third kappa shape index (κ3) is 8.82. The van der Waals surface area contributed by atoms with Crippen molar-refractivity contribution in [1.82, 2.24) is 10.2 Å². The minimum Gasteiger partial charge on any atom is -0.466 e. The van der Waals surface area contributed by atoms with Gasteiger partial charge in [0.05, 0.1) is 25.5 Å². The number of benzene rings is 1. The van der Waals surface area contributed by atoms with Crippen LogP contribution < -0.4 is 5.32 Å². The van der Waals surface area contributed by atoms with Crippen molar-refractivity contribution in [3.8, 4) is 6.07 Å². The SMILES string of the molecule is CCCOC(=O)CCC(=O)NC(=S)N(CCC#N)Cc1ccccc1. The van der Waals surface area contributed by atoms with Gasteiger partial charge in [0.1, 0.15) is 0 Å². The van der Waals surface area contributed by atoms with Crippen LogP contribution in [-0.2, 0) is 20.9 Å². The molecule has 1 aromatic rings. The topological polar surface area (TPSA) is 82.4 Å². The Bertz CT molecular complexity index is 614. The molecule has 7 heteroatoms. The Morgan fingerprint density at radius 3 is 2.64 bits per heavy atom. The number of hydrogen-bond acceptors (Lipinski definition) is 5. The molecule has 0 aliphatic carbocycles. The molecule has 1 aromatic carbocycles. The van der Waals surface area contributed by atoms with Gasteiger partial charge in [-0.2, -0.15) is 5.26 Å². The van der Waals surface area contributed by atoms with E-state index in [9.17, 15) is 9.59 Å². The fraction of sp³-hybridized carbons (Fsp3) is 0.444. The Hall–Kier alpha value is -2.46. The van der Waals surface area contributed by atoms with E-state index in [0.717, 1.165) is 12.0 Å². The molecule has 0 spiro atoms. The Labute approximate surface area is 153 Å². The van der Waals surface area contributed by atoms with Crippen LogP contribution in [0.25, 0.3) is 0 Å². The van der Waals surface area contributed by atoms with E-state index < -0.39 is 5.97 Å². The summed E-state index contributed by atoms with van der Waals surface area (Å²) in [4.78, 5) is 25.2. The summed E-state index contributed by atoms with van der Waals surface area (Å²) >= 11 is 5.28. The van der Waals surface area contributed by atoms with E-state index in [0.29, 0.717) is 26.1 Å². The van der Waals surface area contributed by atoms with Crippen molar-refractivity contribution in [3.05, 3.63) is 35.9 Å². The summed E-state index contributed by atoms with van der Waals surface area (Å²) < 4.78 is 4.93. The molecule has 0 bridgehead atoms. The maximum absolute atomic E-state index is 12.0. The van der Waals surface area contributed by atoms with Crippen molar-refractivity contribution in [2.45, 2.75) is 39.2 Å². The molecule has 1 rings (SSSR count). The van der Waals surface area contributed by atoms with Gasteiger partial charge in [0.25, 0.3) is 0 Å². The van der Waals surface area contributed by atoms with Crippen LogP contribution in [0.2, 0.25) is 0 Å². The lowest BCUT2D eigenvalue weighted by atomic mass is 10.2. The van der Waals surface area contributed by atoms with Crippen molar-refractivity contribution in [3.63, 3.8) is 0 Å². The molecule has 134 valence electrons.